The summed E-state index contributed by atoms with van der Waals surface area (Å²) in [5, 5.41) is 5.25. The van der Waals surface area contributed by atoms with Gasteiger partial charge in [-0.15, -0.1) is 0 Å². The molecule has 0 heterocycles. The van der Waals surface area contributed by atoms with Crippen LogP contribution < -0.4 is 10.6 Å². The fourth-order valence-corrected chi connectivity index (χ4v) is 0.934. The zero-order valence-corrected chi connectivity index (χ0v) is 8.52. The number of likely N-dealkylation sites (N-methyl/N-ethyl adjacent to an activating group) is 1. The number of nitrogens with one attached hydrogen (secondary N) is 2. The largest absolute Gasteiger partial charge is 0.355 e. The molecular formula is C9H18N2O2. The molecule has 0 aliphatic carbocycles. The minimum absolute atomic E-state index is 0.0683. The number of carbonyl (C=O) groups excluding carboxylic acids is 2. The minimum Gasteiger partial charge on any atom is -0.355 e. The van der Waals surface area contributed by atoms with E-state index in [4.69, 9.17) is 0 Å². The van der Waals surface area contributed by atoms with E-state index in [0.29, 0.717) is 13.0 Å². The fourth-order valence-electron chi connectivity index (χ4n) is 0.934. The Hall–Kier alpha value is -1.06. The highest BCUT2D eigenvalue weighted by Gasteiger charge is 2.13. The monoisotopic (exact) mass is 186 g/mol. The van der Waals surface area contributed by atoms with Crippen molar-refractivity contribution >= 4 is 11.8 Å². The van der Waals surface area contributed by atoms with Crippen molar-refractivity contribution in [2.75, 3.05) is 6.54 Å². The van der Waals surface area contributed by atoms with Crippen molar-refractivity contribution in [3.8, 4) is 0 Å². The SMILES string of the molecule is CCCC(=O)NC(C)C(=O)NCC. The third-order valence-electron chi connectivity index (χ3n) is 1.60. The molecule has 2 amide bonds. The summed E-state index contributed by atoms with van der Waals surface area (Å²) >= 11 is 0. The first-order valence-electron chi connectivity index (χ1n) is 4.68. The Bertz CT molecular complexity index is 180. The highest BCUT2D eigenvalue weighted by atomic mass is 16.2. The van der Waals surface area contributed by atoms with Gasteiger partial charge in [0.05, 0.1) is 0 Å². The van der Waals surface area contributed by atoms with E-state index in [0.717, 1.165) is 6.42 Å². The van der Waals surface area contributed by atoms with Crippen molar-refractivity contribution < 1.29 is 9.59 Å². The molecule has 4 nitrogen and oxygen atoms in total. The molecule has 0 saturated heterocycles. The first kappa shape index (κ1) is 11.9. The van der Waals surface area contributed by atoms with Crippen LogP contribution in [0.1, 0.15) is 33.6 Å². The van der Waals surface area contributed by atoms with Gasteiger partial charge in [-0.1, -0.05) is 6.92 Å². The van der Waals surface area contributed by atoms with E-state index in [-0.39, 0.29) is 11.8 Å². The minimum atomic E-state index is -0.431. The van der Waals surface area contributed by atoms with Gasteiger partial charge in [0, 0.05) is 13.0 Å². The van der Waals surface area contributed by atoms with Crippen LogP contribution in [-0.2, 0) is 9.59 Å². The Kier molecular flexibility index (Phi) is 5.93. The molecule has 0 aliphatic heterocycles. The Morgan fingerprint density at radius 3 is 2.38 bits per heavy atom. The second kappa shape index (κ2) is 6.46. The summed E-state index contributed by atoms with van der Waals surface area (Å²) < 4.78 is 0. The number of rotatable bonds is 5. The molecule has 2 N–H and O–H groups in total. The molecule has 1 unspecified atom stereocenters. The lowest BCUT2D eigenvalue weighted by atomic mass is 10.2. The molecule has 0 aromatic carbocycles. The normalized spacial score (nSPS) is 11.9. The maximum atomic E-state index is 11.2. The first-order valence-corrected chi connectivity index (χ1v) is 4.68. The average molecular weight is 186 g/mol. The van der Waals surface area contributed by atoms with E-state index in [9.17, 15) is 9.59 Å². The molecule has 4 heteroatoms. The van der Waals surface area contributed by atoms with Gasteiger partial charge in [0.2, 0.25) is 11.8 Å². The molecule has 13 heavy (non-hydrogen) atoms. The van der Waals surface area contributed by atoms with Crippen molar-refractivity contribution in [3.05, 3.63) is 0 Å². The van der Waals surface area contributed by atoms with Crippen LogP contribution in [0.25, 0.3) is 0 Å². The van der Waals surface area contributed by atoms with Crippen LogP contribution in [0.2, 0.25) is 0 Å². The number of hydrogen-bond acceptors (Lipinski definition) is 2. The molecule has 0 aliphatic rings. The van der Waals surface area contributed by atoms with Crippen molar-refractivity contribution in [3.63, 3.8) is 0 Å². The summed E-state index contributed by atoms with van der Waals surface area (Å²) in [6.45, 7) is 6.04. The highest BCUT2D eigenvalue weighted by molar-refractivity contribution is 5.87. The van der Waals surface area contributed by atoms with Crippen LogP contribution in [0.4, 0.5) is 0 Å². The van der Waals surface area contributed by atoms with Gasteiger partial charge in [0.25, 0.3) is 0 Å². The summed E-state index contributed by atoms with van der Waals surface area (Å²) in [6.07, 6.45) is 1.28. The molecule has 76 valence electrons. The van der Waals surface area contributed by atoms with Gasteiger partial charge in [-0.3, -0.25) is 9.59 Å². The van der Waals surface area contributed by atoms with E-state index in [2.05, 4.69) is 10.6 Å². The molecule has 0 rings (SSSR count). The summed E-state index contributed by atoms with van der Waals surface area (Å²) in [7, 11) is 0. The lowest BCUT2D eigenvalue weighted by Gasteiger charge is -2.12. The maximum absolute atomic E-state index is 11.2. The zero-order chi connectivity index (χ0) is 10.3. The predicted molar refractivity (Wildman–Crippen MR) is 51.2 cm³/mol. The molecule has 0 saturated carbocycles. The van der Waals surface area contributed by atoms with Crippen molar-refractivity contribution in [1.82, 2.24) is 10.6 Å². The first-order chi connectivity index (χ1) is 6.11. The summed E-state index contributed by atoms with van der Waals surface area (Å²) in [6, 6.07) is -0.431. The lowest BCUT2D eigenvalue weighted by Crippen LogP contribution is -2.44. The quantitative estimate of drug-likeness (QED) is 0.654. The van der Waals surface area contributed by atoms with Crippen LogP contribution in [-0.4, -0.2) is 24.4 Å². The standard InChI is InChI=1S/C9H18N2O2/c1-4-6-8(12)11-7(3)9(13)10-5-2/h7H,4-6H2,1-3H3,(H,10,13)(H,11,12). The van der Waals surface area contributed by atoms with Gasteiger partial charge in [-0.05, 0) is 20.3 Å². The van der Waals surface area contributed by atoms with E-state index in [1.807, 2.05) is 13.8 Å². The van der Waals surface area contributed by atoms with Crippen LogP contribution in [0.3, 0.4) is 0 Å². The zero-order valence-electron chi connectivity index (χ0n) is 8.52. The van der Waals surface area contributed by atoms with Crippen molar-refractivity contribution in [2.24, 2.45) is 0 Å². The maximum Gasteiger partial charge on any atom is 0.242 e. The van der Waals surface area contributed by atoms with E-state index in [1.54, 1.807) is 6.92 Å². The van der Waals surface area contributed by atoms with Gasteiger partial charge < -0.3 is 10.6 Å². The average Bonchev–Trinajstić information content (AvgIpc) is 2.05. The molecule has 0 aromatic rings. The smallest absolute Gasteiger partial charge is 0.242 e. The third-order valence-corrected chi connectivity index (χ3v) is 1.60. The second-order valence-electron chi connectivity index (χ2n) is 2.93. The molecular weight excluding hydrogens is 168 g/mol. The van der Waals surface area contributed by atoms with Crippen LogP contribution in [0, 0.1) is 0 Å². The van der Waals surface area contributed by atoms with Crippen molar-refractivity contribution in [2.45, 2.75) is 39.7 Å². The predicted octanol–water partition coefficient (Wildman–Crippen LogP) is 0.427. The summed E-state index contributed by atoms with van der Waals surface area (Å²) in [4.78, 5) is 22.2. The van der Waals surface area contributed by atoms with Gasteiger partial charge >= 0.3 is 0 Å². The molecule has 0 spiro atoms. The topological polar surface area (TPSA) is 58.2 Å². The van der Waals surface area contributed by atoms with E-state index < -0.39 is 6.04 Å². The molecule has 1 atom stereocenters. The lowest BCUT2D eigenvalue weighted by molar-refractivity contribution is -0.128. The third kappa shape index (κ3) is 5.22. The van der Waals surface area contributed by atoms with Crippen molar-refractivity contribution in [1.29, 1.82) is 0 Å². The Labute approximate surface area is 79.1 Å². The van der Waals surface area contributed by atoms with Gasteiger partial charge in [-0.2, -0.15) is 0 Å². The van der Waals surface area contributed by atoms with Crippen LogP contribution >= 0.6 is 0 Å². The Morgan fingerprint density at radius 2 is 1.92 bits per heavy atom. The highest BCUT2D eigenvalue weighted by Crippen LogP contribution is 1.89. The Balaban J connectivity index is 3.78. The summed E-state index contributed by atoms with van der Waals surface area (Å²) in [5.41, 5.74) is 0. The number of carbonyl (C=O) groups is 2. The number of hydrogen-bond donors (Lipinski definition) is 2. The van der Waals surface area contributed by atoms with Gasteiger partial charge in [-0.25, -0.2) is 0 Å². The molecule has 0 fully saturated rings. The Morgan fingerprint density at radius 1 is 1.31 bits per heavy atom. The number of amides is 2. The van der Waals surface area contributed by atoms with Gasteiger partial charge in [0.15, 0.2) is 0 Å². The molecule has 0 aromatic heterocycles. The van der Waals surface area contributed by atoms with Crippen LogP contribution in [0.5, 0.6) is 0 Å². The van der Waals surface area contributed by atoms with Gasteiger partial charge in [0.1, 0.15) is 6.04 Å². The second-order valence-corrected chi connectivity index (χ2v) is 2.93. The molecule has 0 radical (unpaired) electrons. The fraction of sp³-hybridized carbons (Fsp3) is 0.778. The molecule has 0 bridgehead atoms. The van der Waals surface area contributed by atoms with E-state index >= 15 is 0 Å². The van der Waals surface area contributed by atoms with E-state index in [1.165, 1.54) is 0 Å². The van der Waals surface area contributed by atoms with Crippen LogP contribution in [0.15, 0.2) is 0 Å². The summed E-state index contributed by atoms with van der Waals surface area (Å²) in [5.74, 6) is -0.201.